The molecule has 0 unspecified atom stereocenters. The molecule has 0 spiro atoms. The van der Waals surface area contributed by atoms with Gasteiger partial charge in [-0.25, -0.2) is 0 Å². The molecule has 3 rings (SSSR count). The first kappa shape index (κ1) is 14.7. The van der Waals surface area contributed by atoms with Crippen molar-refractivity contribution in [3.05, 3.63) is 58.3 Å². The Morgan fingerprint density at radius 1 is 1.00 bits per heavy atom. The number of carbonyl (C=O) groups excluding carboxylic acids is 1. The topological polar surface area (TPSA) is 37.4 Å². The summed E-state index contributed by atoms with van der Waals surface area (Å²) in [5.74, 6) is 0.0136. The fourth-order valence-electron chi connectivity index (χ4n) is 2.63. The average molecular weight is 311 g/mol. The molecule has 112 valence electrons. The van der Waals surface area contributed by atoms with Crippen LogP contribution >= 0.6 is 11.3 Å². The van der Waals surface area contributed by atoms with Gasteiger partial charge in [-0.3, -0.25) is 9.59 Å². The molecule has 2 aromatic carbocycles. The van der Waals surface area contributed by atoms with Gasteiger partial charge in [-0.15, -0.1) is 11.3 Å². The Balaban J connectivity index is 2.20. The minimum absolute atomic E-state index is 0.0136. The van der Waals surface area contributed by atoms with E-state index < -0.39 is 0 Å². The van der Waals surface area contributed by atoms with E-state index in [0.717, 1.165) is 14.8 Å². The number of carbonyl (C=O) groups is 1. The van der Waals surface area contributed by atoms with Crippen LogP contribution in [0, 0.1) is 0 Å². The van der Waals surface area contributed by atoms with Gasteiger partial charge in [0.25, 0.3) is 5.91 Å². The van der Waals surface area contributed by atoms with Crippen LogP contribution in [0.4, 0.5) is 0 Å². The summed E-state index contributed by atoms with van der Waals surface area (Å²) in [6.07, 6.45) is 0. The number of fused-ring (bicyclic) bond motifs is 2. The van der Waals surface area contributed by atoms with Crippen LogP contribution in [0.5, 0.6) is 0 Å². The Labute approximate surface area is 132 Å². The summed E-state index contributed by atoms with van der Waals surface area (Å²) in [5.41, 5.74) is 0.674. The van der Waals surface area contributed by atoms with Crippen molar-refractivity contribution >= 4 is 37.4 Å². The van der Waals surface area contributed by atoms with Crippen LogP contribution in [0.15, 0.2) is 47.3 Å². The van der Waals surface area contributed by atoms with Crippen LogP contribution < -0.4 is 5.43 Å². The molecule has 0 radical (unpaired) electrons. The number of benzene rings is 2. The third-order valence-electron chi connectivity index (χ3n) is 3.88. The maximum atomic E-state index is 12.5. The predicted molar refractivity (Wildman–Crippen MR) is 92.9 cm³/mol. The van der Waals surface area contributed by atoms with Crippen molar-refractivity contribution in [2.75, 3.05) is 13.1 Å². The largest absolute Gasteiger partial charge is 0.339 e. The smallest absolute Gasteiger partial charge is 0.253 e. The van der Waals surface area contributed by atoms with Crippen LogP contribution in [0.3, 0.4) is 0 Å². The van der Waals surface area contributed by atoms with E-state index in [2.05, 4.69) is 0 Å². The average Bonchev–Trinajstić information content (AvgIpc) is 2.55. The highest BCUT2D eigenvalue weighted by atomic mass is 32.1. The van der Waals surface area contributed by atoms with Gasteiger partial charge in [-0.2, -0.15) is 0 Å². The molecule has 0 aliphatic heterocycles. The maximum Gasteiger partial charge on any atom is 0.253 e. The summed E-state index contributed by atoms with van der Waals surface area (Å²) in [6, 6.07) is 13.0. The minimum Gasteiger partial charge on any atom is -0.339 e. The van der Waals surface area contributed by atoms with Gasteiger partial charge in [-0.1, -0.05) is 12.1 Å². The lowest BCUT2D eigenvalue weighted by molar-refractivity contribution is 0.0773. The maximum absolute atomic E-state index is 12.5. The molecule has 0 bridgehead atoms. The van der Waals surface area contributed by atoms with Crippen LogP contribution in [-0.2, 0) is 0 Å². The molecule has 4 heteroatoms. The van der Waals surface area contributed by atoms with Gasteiger partial charge in [0.05, 0.1) is 0 Å². The third-order valence-corrected chi connectivity index (χ3v) is 5.01. The number of rotatable bonds is 3. The lowest BCUT2D eigenvalue weighted by Crippen LogP contribution is -2.30. The first-order chi connectivity index (χ1) is 10.7. The van der Waals surface area contributed by atoms with E-state index in [0.29, 0.717) is 24.0 Å². The molecule has 0 aliphatic rings. The van der Waals surface area contributed by atoms with Gasteiger partial charge in [0.15, 0.2) is 5.43 Å². The zero-order valence-electron chi connectivity index (χ0n) is 12.6. The molecule has 3 aromatic rings. The van der Waals surface area contributed by atoms with E-state index in [1.165, 1.54) is 0 Å². The van der Waals surface area contributed by atoms with Crippen LogP contribution in [0.25, 0.3) is 20.2 Å². The molecule has 3 nitrogen and oxygen atoms in total. The molecule has 0 aliphatic carbocycles. The molecular weight excluding hydrogens is 294 g/mol. The lowest BCUT2D eigenvalue weighted by Gasteiger charge is -2.18. The van der Waals surface area contributed by atoms with Crippen molar-refractivity contribution in [1.82, 2.24) is 4.90 Å². The zero-order chi connectivity index (χ0) is 15.7. The zero-order valence-corrected chi connectivity index (χ0v) is 13.4. The normalized spacial score (nSPS) is 11.0. The Morgan fingerprint density at radius 3 is 2.41 bits per heavy atom. The molecule has 0 atom stereocenters. The van der Waals surface area contributed by atoms with E-state index >= 15 is 0 Å². The molecular formula is C18H17NO2S. The fourth-order valence-corrected chi connectivity index (χ4v) is 3.74. The van der Waals surface area contributed by atoms with Crippen molar-refractivity contribution in [3.63, 3.8) is 0 Å². The summed E-state index contributed by atoms with van der Waals surface area (Å²) in [4.78, 5) is 26.8. The second-order valence-electron chi connectivity index (χ2n) is 5.12. The lowest BCUT2D eigenvalue weighted by atomic mass is 10.1. The Morgan fingerprint density at radius 2 is 1.68 bits per heavy atom. The Kier molecular flexibility index (Phi) is 3.94. The van der Waals surface area contributed by atoms with Gasteiger partial charge in [0.1, 0.15) is 0 Å². The van der Waals surface area contributed by atoms with Gasteiger partial charge >= 0.3 is 0 Å². The quantitative estimate of drug-likeness (QED) is 0.688. The van der Waals surface area contributed by atoms with Crippen LogP contribution in [0.2, 0.25) is 0 Å². The van der Waals surface area contributed by atoms with Gasteiger partial charge in [0.2, 0.25) is 0 Å². The summed E-state index contributed by atoms with van der Waals surface area (Å²) in [5, 5.41) is 1.42. The monoisotopic (exact) mass is 311 g/mol. The second kappa shape index (κ2) is 5.89. The molecule has 0 N–H and O–H groups in total. The molecule has 1 heterocycles. The number of nitrogens with zero attached hydrogens (tertiary/aromatic N) is 1. The highest BCUT2D eigenvalue weighted by molar-refractivity contribution is 7.24. The number of hydrogen-bond donors (Lipinski definition) is 0. The minimum atomic E-state index is 0.0136. The molecule has 1 amide bonds. The summed E-state index contributed by atoms with van der Waals surface area (Å²) < 4.78 is 1.81. The summed E-state index contributed by atoms with van der Waals surface area (Å²) in [7, 11) is 0. The van der Waals surface area contributed by atoms with Gasteiger partial charge in [-0.05, 0) is 44.2 Å². The Bertz CT molecular complexity index is 910. The third kappa shape index (κ3) is 2.40. The summed E-state index contributed by atoms with van der Waals surface area (Å²) in [6.45, 7) is 5.30. The van der Waals surface area contributed by atoms with Crippen molar-refractivity contribution in [1.29, 1.82) is 0 Å². The van der Waals surface area contributed by atoms with Crippen molar-refractivity contribution in [3.8, 4) is 0 Å². The molecule has 1 aromatic heterocycles. The van der Waals surface area contributed by atoms with Crippen molar-refractivity contribution < 1.29 is 4.79 Å². The highest BCUT2D eigenvalue weighted by Crippen LogP contribution is 2.25. The van der Waals surface area contributed by atoms with Crippen LogP contribution in [-0.4, -0.2) is 23.9 Å². The number of amides is 1. The molecule has 0 fully saturated rings. The highest BCUT2D eigenvalue weighted by Gasteiger charge is 2.14. The SMILES string of the molecule is CCN(CC)C(=O)c1ccc2c(=O)c3ccccc3sc2c1. The molecule has 0 saturated carbocycles. The van der Waals surface area contributed by atoms with Crippen LogP contribution in [0.1, 0.15) is 24.2 Å². The first-order valence-corrected chi connectivity index (χ1v) is 8.22. The number of hydrogen-bond acceptors (Lipinski definition) is 3. The molecule has 22 heavy (non-hydrogen) atoms. The molecule has 0 saturated heterocycles. The van der Waals surface area contributed by atoms with Crippen molar-refractivity contribution in [2.45, 2.75) is 13.8 Å². The van der Waals surface area contributed by atoms with Gasteiger partial charge < -0.3 is 4.90 Å². The van der Waals surface area contributed by atoms with E-state index in [4.69, 9.17) is 0 Å². The van der Waals surface area contributed by atoms with E-state index in [9.17, 15) is 9.59 Å². The Hall–Kier alpha value is -2.20. The summed E-state index contributed by atoms with van der Waals surface area (Å²) >= 11 is 1.55. The van der Waals surface area contributed by atoms with Crippen molar-refractivity contribution in [2.24, 2.45) is 0 Å². The van der Waals surface area contributed by atoms with E-state index in [1.807, 2.05) is 44.2 Å². The van der Waals surface area contributed by atoms with E-state index in [1.54, 1.807) is 28.4 Å². The van der Waals surface area contributed by atoms with E-state index in [-0.39, 0.29) is 11.3 Å². The first-order valence-electron chi connectivity index (χ1n) is 7.40. The van der Waals surface area contributed by atoms with Gasteiger partial charge in [0, 0.05) is 38.8 Å². The second-order valence-corrected chi connectivity index (χ2v) is 6.20. The standard InChI is InChI=1S/C18H17NO2S/c1-3-19(4-2)18(21)12-9-10-14-16(11-12)22-15-8-6-5-7-13(15)17(14)20/h5-11H,3-4H2,1-2H3. The predicted octanol–water partition coefficient (Wildman–Crippen LogP) is 3.90. The fraction of sp³-hybridized carbons (Fsp3) is 0.222.